The molecule has 2 aromatic carbocycles. The fraction of sp³-hybridized carbons (Fsp3) is 0.0400. The SMILES string of the molecule is Cc1ccc2oc(-c3ccc(C(=O)Nc4nc(-c5ccccn5)cs4)cc3)cc(=O)c2c1. The number of thiazole rings is 1. The fourth-order valence-electron chi connectivity index (χ4n) is 3.33. The molecule has 0 saturated heterocycles. The largest absolute Gasteiger partial charge is 0.456 e. The summed E-state index contributed by atoms with van der Waals surface area (Å²) in [6.45, 7) is 1.93. The zero-order valence-corrected chi connectivity index (χ0v) is 17.8. The Morgan fingerprint density at radius 3 is 2.62 bits per heavy atom. The van der Waals surface area contributed by atoms with Crippen LogP contribution in [0.3, 0.4) is 0 Å². The molecule has 1 amide bonds. The second-order valence-corrected chi connectivity index (χ2v) is 8.12. The number of benzene rings is 2. The summed E-state index contributed by atoms with van der Waals surface area (Å²) in [6, 6.07) is 19.5. The number of carbonyl (C=O) groups is 1. The van der Waals surface area contributed by atoms with E-state index in [1.807, 2.05) is 42.6 Å². The van der Waals surface area contributed by atoms with Gasteiger partial charge in [0.05, 0.1) is 11.1 Å². The molecule has 32 heavy (non-hydrogen) atoms. The van der Waals surface area contributed by atoms with E-state index in [1.54, 1.807) is 36.5 Å². The summed E-state index contributed by atoms with van der Waals surface area (Å²) in [4.78, 5) is 33.8. The number of aromatic nitrogens is 2. The molecule has 0 aliphatic rings. The quantitative estimate of drug-likeness (QED) is 0.397. The molecule has 3 heterocycles. The van der Waals surface area contributed by atoms with Crippen molar-refractivity contribution < 1.29 is 9.21 Å². The summed E-state index contributed by atoms with van der Waals surface area (Å²) in [5.74, 6) is 0.187. The summed E-state index contributed by atoms with van der Waals surface area (Å²) < 4.78 is 5.91. The highest BCUT2D eigenvalue weighted by Gasteiger charge is 2.12. The van der Waals surface area contributed by atoms with E-state index in [9.17, 15) is 9.59 Å². The molecule has 0 saturated carbocycles. The van der Waals surface area contributed by atoms with Crippen molar-refractivity contribution in [2.45, 2.75) is 6.92 Å². The van der Waals surface area contributed by atoms with E-state index in [0.29, 0.717) is 38.7 Å². The lowest BCUT2D eigenvalue weighted by Gasteiger charge is -2.06. The number of amides is 1. The Balaban J connectivity index is 1.35. The average molecular weight is 439 g/mol. The molecule has 0 spiro atoms. The Labute approximate surface area is 187 Å². The molecule has 0 aliphatic carbocycles. The van der Waals surface area contributed by atoms with Gasteiger partial charge in [0.15, 0.2) is 10.6 Å². The summed E-state index contributed by atoms with van der Waals surface area (Å²) in [7, 11) is 0. The van der Waals surface area contributed by atoms with Crippen LogP contribution < -0.4 is 10.7 Å². The number of nitrogens with one attached hydrogen (secondary N) is 1. The van der Waals surface area contributed by atoms with Crippen molar-refractivity contribution in [2.24, 2.45) is 0 Å². The van der Waals surface area contributed by atoms with Crippen LogP contribution in [0.5, 0.6) is 0 Å². The number of anilines is 1. The van der Waals surface area contributed by atoms with Gasteiger partial charge in [-0.3, -0.25) is 19.9 Å². The maximum Gasteiger partial charge on any atom is 0.257 e. The Morgan fingerprint density at radius 1 is 1.00 bits per heavy atom. The van der Waals surface area contributed by atoms with Gasteiger partial charge in [-0.1, -0.05) is 29.8 Å². The van der Waals surface area contributed by atoms with Crippen molar-refractivity contribution in [3.05, 3.63) is 99.7 Å². The highest BCUT2D eigenvalue weighted by molar-refractivity contribution is 7.14. The molecule has 7 heteroatoms. The van der Waals surface area contributed by atoms with Gasteiger partial charge in [0.2, 0.25) is 0 Å². The van der Waals surface area contributed by atoms with E-state index in [-0.39, 0.29) is 11.3 Å². The molecule has 0 unspecified atom stereocenters. The molecular formula is C25H17N3O3S. The van der Waals surface area contributed by atoms with Crippen molar-refractivity contribution in [1.82, 2.24) is 9.97 Å². The second kappa shape index (κ2) is 8.20. The predicted molar refractivity (Wildman–Crippen MR) is 126 cm³/mol. The van der Waals surface area contributed by atoms with Gasteiger partial charge in [0, 0.05) is 28.8 Å². The second-order valence-electron chi connectivity index (χ2n) is 7.26. The Hall–Kier alpha value is -4.10. The molecule has 1 N–H and O–H groups in total. The lowest BCUT2D eigenvalue weighted by atomic mass is 10.1. The minimum atomic E-state index is -0.270. The van der Waals surface area contributed by atoms with Crippen molar-refractivity contribution in [3.63, 3.8) is 0 Å². The van der Waals surface area contributed by atoms with Gasteiger partial charge in [0.1, 0.15) is 17.0 Å². The van der Waals surface area contributed by atoms with Crippen LogP contribution >= 0.6 is 11.3 Å². The zero-order valence-electron chi connectivity index (χ0n) is 17.0. The molecule has 0 radical (unpaired) electrons. The van der Waals surface area contributed by atoms with Gasteiger partial charge in [0.25, 0.3) is 5.91 Å². The number of rotatable bonds is 4. The third kappa shape index (κ3) is 3.93. The van der Waals surface area contributed by atoms with E-state index >= 15 is 0 Å². The molecule has 156 valence electrons. The Morgan fingerprint density at radius 2 is 1.84 bits per heavy atom. The lowest BCUT2D eigenvalue weighted by molar-refractivity contribution is 0.102. The van der Waals surface area contributed by atoms with Crippen LogP contribution in [0.2, 0.25) is 0 Å². The van der Waals surface area contributed by atoms with E-state index < -0.39 is 0 Å². The summed E-state index contributed by atoms with van der Waals surface area (Å²) >= 11 is 1.34. The zero-order chi connectivity index (χ0) is 22.1. The molecule has 5 aromatic rings. The van der Waals surface area contributed by atoms with Gasteiger partial charge in [-0.15, -0.1) is 11.3 Å². The molecule has 0 atom stereocenters. The Bertz CT molecular complexity index is 1490. The molecule has 3 aromatic heterocycles. The van der Waals surface area contributed by atoms with Gasteiger partial charge in [-0.05, 0) is 43.3 Å². The van der Waals surface area contributed by atoms with Crippen LogP contribution in [-0.4, -0.2) is 15.9 Å². The molecule has 6 nitrogen and oxygen atoms in total. The number of fused-ring (bicyclic) bond motifs is 1. The van der Waals surface area contributed by atoms with Crippen LogP contribution in [0.4, 0.5) is 5.13 Å². The first-order valence-electron chi connectivity index (χ1n) is 9.90. The number of hydrogen-bond donors (Lipinski definition) is 1. The maximum absolute atomic E-state index is 12.6. The number of nitrogens with zero attached hydrogens (tertiary/aromatic N) is 2. The molecule has 5 rings (SSSR count). The fourth-order valence-corrected chi connectivity index (χ4v) is 4.03. The highest BCUT2D eigenvalue weighted by Crippen LogP contribution is 2.25. The first-order chi connectivity index (χ1) is 15.6. The van der Waals surface area contributed by atoms with Crippen molar-refractivity contribution >= 4 is 33.3 Å². The normalized spacial score (nSPS) is 10.9. The summed E-state index contributed by atoms with van der Waals surface area (Å²) in [6.07, 6.45) is 1.70. The van der Waals surface area contributed by atoms with E-state index in [2.05, 4.69) is 15.3 Å². The van der Waals surface area contributed by atoms with Crippen LogP contribution in [0.1, 0.15) is 15.9 Å². The highest BCUT2D eigenvalue weighted by atomic mass is 32.1. The number of aryl methyl sites for hydroxylation is 1. The minimum absolute atomic E-state index is 0.0979. The summed E-state index contributed by atoms with van der Waals surface area (Å²) in [5.41, 5.74) is 4.09. The van der Waals surface area contributed by atoms with Gasteiger partial charge in [-0.25, -0.2) is 4.98 Å². The van der Waals surface area contributed by atoms with Crippen LogP contribution in [0.25, 0.3) is 33.7 Å². The van der Waals surface area contributed by atoms with Crippen molar-refractivity contribution in [3.8, 4) is 22.7 Å². The van der Waals surface area contributed by atoms with Crippen molar-refractivity contribution in [1.29, 1.82) is 0 Å². The number of pyridine rings is 1. The molecular weight excluding hydrogens is 422 g/mol. The first-order valence-corrected chi connectivity index (χ1v) is 10.8. The lowest BCUT2D eigenvalue weighted by Crippen LogP contribution is -2.11. The van der Waals surface area contributed by atoms with Gasteiger partial charge >= 0.3 is 0 Å². The molecule has 0 fully saturated rings. The molecule has 0 bridgehead atoms. The first kappa shape index (κ1) is 19.8. The van der Waals surface area contributed by atoms with Gasteiger partial charge in [-0.2, -0.15) is 0 Å². The maximum atomic E-state index is 12.6. The van der Waals surface area contributed by atoms with E-state index in [0.717, 1.165) is 11.3 Å². The van der Waals surface area contributed by atoms with Crippen LogP contribution in [0.15, 0.2) is 87.5 Å². The van der Waals surface area contributed by atoms with Crippen LogP contribution in [0, 0.1) is 6.92 Å². The third-order valence-corrected chi connectivity index (χ3v) is 5.72. The number of carbonyl (C=O) groups excluding carboxylic acids is 1. The standard InChI is InChI=1S/C25H17N3O3S/c1-15-5-10-22-18(12-15)21(29)13-23(31-22)16-6-8-17(9-7-16)24(30)28-25-27-20(14-32-25)19-4-2-3-11-26-19/h2-14H,1H3,(H,27,28,30). The van der Waals surface area contributed by atoms with Crippen LogP contribution in [-0.2, 0) is 0 Å². The van der Waals surface area contributed by atoms with E-state index in [1.165, 1.54) is 17.4 Å². The van der Waals surface area contributed by atoms with Crippen molar-refractivity contribution in [2.75, 3.05) is 5.32 Å². The number of hydrogen-bond acceptors (Lipinski definition) is 6. The van der Waals surface area contributed by atoms with E-state index in [4.69, 9.17) is 4.42 Å². The predicted octanol–water partition coefficient (Wildman–Crippen LogP) is 5.54. The average Bonchev–Trinajstić information content (AvgIpc) is 3.28. The minimum Gasteiger partial charge on any atom is -0.456 e. The summed E-state index contributed by atoms with van der Waals surface area (Å²) in [5, 5.41) is 5.71. The monoisotopic (exact) mass is 439 g/mol. The Kier molecular flexibility index (Phi) is 5.09. The smallest absolute Gasteiger partial charge is 0.257 e. The molecule has 0 aliphatic heterocycles. The third-order valence-electron chi connectivity index (χ3n) is 4.97. The topological polar surface area (TPSA) is 85.1 Å². The van der Waals surface area contributed by atoms with Gasteiger partial charge < -0.3 is 4.42 Å².